The first-order valence-electron chi connectivity index (χ1n) is 7.32. The number of carbonyl (C=O) groups excluding carboxylic acids is 1. The van der Waals surface area contributed by atoms with Crippen LogP contribution in [0.3, 0.4) is 0 Å². The normalized spacial score (nSPS) is 37.0. The molecular formula is C15H27NO. The van der Waals surface area contributed by atoms with Crippen LogP contribution in [0.2, 0.25) is 0 Å². The number of Topliss-reactive ketones (excluding diaryl/α,β-unsaturated/α-hetero) is 1. The minimum Gasteiger partial charge on any atom is -0.329 e. The smallest absolute Gasteiger partial charge is 0.143 e. The van der Waals surface area contributed by atoms with Crippen molar-refractivity contribution in [2.24, 2.45) is 28.9 Å². The Balaban J connectivity index is 2.08. The van der Waals surface area contributed by atoms with Crippen LogP contribution in [0.5, 0.6) is 0 Å². The summed E-state index contributed by atoms with van der Waals surface area (Å²) in [6, 6.07) is 0. The van der Waals surface area contributed by atoms with Crippen LogP contribution in [0, 0.1) is 23.2 Å². The largest absolute Gasteiger partial charge is 0.329 e. The molecule has 0 aromatic heterocycles. The Labute approximate surface area is 105 Å². The molecule has 2 unspecified atom stereocenters. The molecule has 0 bridgehead atoms. The van der Waals surface area contributed by atoms with E-state index in [0.717, 1.165) is 25.7 Å². The van der Waals surface area contributed by atoms with Gasteiger partial charge in [-0.2, -0.15) is 0 Å². The van der Waals surface area contributed by atoms with Crippen molar-refractivity contribution < 1.29 is 4.79 Å². The molecular weight excluding hydrogens is 210 g/mol. The predicted molar refractivity (Wildman–Crippen MR) is 70.6 cm³/mol. The molecule has 0 aromatic carbocycles. The SMILES string of the molecule is CC1CC(C)CC(C(=O)C2(CN)CCCC2)C1. The van der Waals surface area contributed by atoms with Gasteiger partial charge in [-0.05, 0) is 43.9 Å². The molecule has 2 nitrogen and oxygen atoms in total. The lowest BCUT2D eigenvalue weighted by Crippen LogP contribution is -2.42. The first-order valence-corrected chi connectivity index (χ1v) is 7.32. The predicted octanol–water partition coefficient (Wildman–Crippen LogP) is 3.15. The van der Waals surface area contributed by atoms with Crippen LogP contribution in [0.25, 0.3) is 0 Å². The Kier molecular flexibility index (Phi) is 3.92. The van der Waals surface area contributed by atoms with Gasteiger partial charge in [0.15, 0.2) is 0 Å². The highest BCUT2D eigenvalue weighted by atomic mass is 16.1. The Morgan fingerprint density at radius 3 is 2.12 bits per heavy atom. The molecule has 0 aliphatic heterocycles. The molecule has 2 fully saturated rings. The van der Waals surface area contributed by atoms with Gasteiger partial charge in [0.2, 0.25) is 0 Å². The van der Waals surface area contributed by atoms with Crippen molar-refractivity contribution in [3.63, 3.8) is 0 Å². The van der Waals surface area contributed by atoms with E-state index >= 15 is 0 Å². The van der Waals surface area contributed by atoms with Crippen LogP contribution < -0.4 is 5.73 Å². The van der Waals surface area contributed by atoms with E-state index in [9.17, 15) is 4.79 Å². The number of rotatable bonds is 3. The third-order valence-corrected chi connectivity index (χ3v) is 5.02. The molecule has 2 N–H and O–H groups in total. The summed E-state index contributed by atoms with van der Waals surface area (Å²) >= 11 is 0. The van der Waals surface area contributed by atoms with Gasteiger partial charge >= 0.3 is 0 Å². The molecule has 0 saturated heterocycles. The molecule has 0 spiro atoms. The Bertz CT molecular complexity index is 271. The maximum atomic E-state index is 12.8. The van der Waals surface area contributed by atoms with Crippen molar-refractivity contribution in [1.82, 2.24) is 0 Å². The van der Waals surface area contributed by atoms with Gasteiger partial charge in [-0.1, -0.05) is 26.7 Å². The summed E-state index contributed by atoms with van der Waals surface area (Å²) < 4.78 is 0. The first-order chi connectivity index (χ1) is 8.07. The monoisotopic (exact) mass is 237 g/mol. The summed E-state index contributed by atoms with van der Waals surface area (Å²) in [4.78, 5) is 12.8. The van der Waals surface area contributed by atoms with E-state index in [1.807, 2.05) is 0 Å². The Morgan fingerprint density at radius 1 is 1.12 bits per heavy atom. The molecule has 17 heavy (non-hydrogen) atoms. The van der Waals surface area contributed by atoms with Crippen LogP contribution in [0.1, 0.15) is 58.8 Å². The van der Waals surface area contributed by atoms with Gasteiger partial charge in [0, 0.05) is 17.9 Å². The molecule has 2 saturated carbocycles. The number of carbonyl (C=O) groups is 1. The fourth-order valence-corrected chi connectivity index (χ4v) is 4.20. The lowest BCUT2D eigenvalue weighted by Gasteiger charge is -2.36. The minimum absolute atomic E-state index is 0.137. The van der Waals surface area contributed by atoms with E-state index in [1.54, 1.807) is 0 Å². The van der Waals surface area contributed by atoms with E-state index in [4.69, 9.17) is 5.73 Å². The first kappa shape index (κ1) is 13.1. The molecule has 0 aromatic rings. The van der Waals surface area contributed by atoms with Crippen molar-refractivity contribution in [1.29, 1.82) is 0 Å². The van der Waals surface area contributed by atoms with Gasteiger partial charge in [0.25, 0.3) is 0 Å². The maximum Gasteiger partial charge on any atom is 0.143 e. The summed E-state index contributed by atoms with van der Waals surface area (Å²) in [6.07, 6.45) is 7.97. The zero-order valence-electron chi connectivity index (χ0n) is 11.4. The summed E-state index contributed by atoms with van der Waals surface area (Å²) in [5, 5.41) is 0. The fraction of sp³-hybridized carbons (Fsp3) is 0.933. The summed E-state index contributed by atoms with van der Waals surface area (Å²) in [5.74, 6) is 2.24. The number of ketones is 1. The maximum absolute atomic E-state index is 12.8. The molecule has 0 amide bonds. The van der Waals surface area contributed by atoms with Crippen molar-refractivity contribution in [3.8, 4) is 0 Å². The molecule has 2 aliphatic rings. The van der Waals surface area contributed by atoms with E-state index in [-0.39, 0.29) is 5.41 Å². The second-order valence-electron chi connectivity index (χ2n) is 6.67. The topological polar surface area (TPSA) is 43.1 Å². The highest BCUT2D eigenvalue weighted by Gasteiger charge is 2.44. The Morgan fingerprint density at radius 2 is 1.65 bits per heavy atom. The third kappa shape index (κ3) is 2.57. The van der Waals surface area contributed by atoms with E-state index in [2.05, 4.69) is 13.8 Å². The summed E-state index contributed by atoms with van der Waals surface area (Å²) in [6.45, 7) is 5.16. The second kappa shape index (κ2) is 5.09. The molecule has 2 aliphatic carbocycles. The van der Waals surface area contributed by atoms with Crippen molar-refractivity contribution in [3.05, 3.63) is 0 Å². The number of hydrogen-bond donors (Lipinski definition) is 1. The van der Waals surface area contributed by atoms with Gasteiger partial charge in [-0.15, -0.1) is 0 Å². The van der Waals surface area contributed by atoms with Crippen molar-refractivity contribution >= 4 is 5.78 Å². The van der Waals surface area contributed by atoms with Crippen LogP contribution in [0.15, 0.2) is 0 Å². The van der Waals surface area contributed by atoms with E-state index in [0.29, 0.717) is 30.1 Å². The standard InChI is InChI=1S/C15H27NO/c1-11-7-12(2)9-13(8-11)14(17)15(10-16)5-3-4-6-15/h11-13H,3-10,16H2,1-2H3. The van der Waals surface area contributed by atoms with Gasteiger partial charge in [0.1, 0.15) is 5.78 Å². The molecule has 2 rings (SSSR count). The van der Waals surface area contributed by atoms with E-state index in [1.165, 1.54) is 19.3 Å². The van der Waals surface area contributed by atoms with Crippen LogP contribution in [-0.2, 0) is 4.79 Å². The van der Waals surface area contributed by atoms with Crippen LogP contribution in [-0.4, -0.2) is 12.3 Å². The summed E-state index contributed by atoms with van der Waals surface area (Å²) in [7, 11) is 0. The molecule has 0 radical (unpaired) electrons. The quantitative estimate of drug-likeness (QED) is 0.819. The van der Waals surface area contributed by atoms with Gasteiger partial charge < -0.3 is 5.73 Å². The summed E-state index contributed by atoms with van der Waals surface area (Å²) in [5.41, 5.74) is 5.79. The molecule has 0 heterocycles. The van der Waals surface area contributed by atoms with Gasteiger partial charge in [0.05, 0.1) is 0 Å². The zero-order chi connectivity index (χ0) is 12.5. The van der Waals surface area contributed by atoms with E-state index < -0.39 is 0 Å². The van der Waals surface area contributed by atoms with Crippen molar-refractivity contribution in [2.45, 2.75) is 58.8 Å². The second-order valence-corrected chi connectivity index (χ2v) is 6.67. The lowest BCUT2D eigenvalue weighted by atomic mass is 9.68. The van der Waals surface area contributed by atoms with Gasteiger partial charge in [-0.25, -0.2) is 0 Å². The third-order valence-electron chi connectivity index (χ3n) is 5.02. The fourth-order valence-electron chi connectivity index (χ4n) is 4.20. The number of nitrogens with two attached hydrogens (primary N) is 1. The average molecular weight is 237 g/mol. The minimum atomic E-state index is -0.137. The average Bonchev–Trinajstić information content (AvgIpc) is 2.76. The van der Waals surface area contributed by atoms with Gasteiger partial charge in [-0.3, -0.25) is 4.79 Å². The van der Waals surface area contributed by atoms with Crippen LogP contribution >= 0.6 is 0 Å². The van der Waals surface area contributed by atoms with Crippen molar-refractivity contribution in [2.75, 3.05) is 6.54 Å². The number of hydrogen-bond acceptors (Lipinski definition) is 2. The lowest BCUT2D eigenvalue weighted by molar-refractivity contribution is -0.134. The molecule has 2 heteroatoms. The highest BCUT2D eigenvalue weighted by molar-refractivity contribution is 5.87. The zero-order valence-corrected chi connectivity index (χ0v) is 11.4. The Hall–Kier alpha value is -0.370. The molecule has 2 atom stereocenters. The molecule has 98 valence electrons. The highest BCUT2D eigenvalue weighted by Crippen LogP contribution is 2.44. The van der Waals surface area contributed by atoms with Crippen LogP contribution in [0.4, 0.5) is 0 Å².